The smallest absolute Gasteiger partial charge is 0.319 e. The molecule has 1 saturated carbocycles. The van der Waals surface area contributed by atoms with Crippen molar-refractivity contribution in [2.24, 2.45) is 0 Å². The van der Waals surface area contributed by atoms with Gasteiger partial charge in [0, 0.05) is 51.5 Å². The second kappa shape index (κ2) is 9.46. The van der Waals surface area contributed by atoms with E-state index in [4.69, 9.17) is 0 Å². The highest BCUT2D eigenvalue weighted by atomic mass is 16.2. The minimum Gasteiger partial charge on any atom is -0.377 e. The molecule has 0 saturated heterocycles. The fourth-order valence-corrected chi connectivity index (χ4v) is 3.64. The number of hydrogen-bond donors (Lipinski definition) is 2. The van der Waals surface area contributed by atoms with E-state index in [0.717, 1.165) is 29.8 Å². The molecule has 6 heteroatoms. The maximum Gasteiger partial charge on any atom is 0.319 e. The van der Waals surface area contributed by atoms with Crippen molar-refractivity contribution in [3.05, 3.63) is 23.8 Å². The Hall–Kier alpha value is -2.24. The summed E-state index contributed by atoms with van der Waals surface area (Å²) in [7, 11) is 3.99. The normalized spacial score (nSPS) is 14.6. The van der Waals surface area contributed by atoms with Gasteiger partial charge in [0.1, 0.15) is 0 Å². The number of amides is 3. The first-order chi connectivity index (χ1) is 12.4. The molecule has 0 atom stereocenters. The van der Waals surface area contributed by atoms with Crippen LogP contribution in [0.15, 0.2) is 18.2 Å². The van der Waals surface area contributed by atoms with Crippen LogP contribution in [0.4, 0.5) is 16.2 Å². The number of carbonyl (C=O) groups excluding carboxylic acids is 2. The first kappa shape index (κ1) is 20.1. The Labute approximate surface area is 156 Å². The third-order valence-corrected chi connectivity index (χ3v) is 4.92. The molecule has 3 amide bonds. The third-order valence-electron chi connectivity index (χ3n) is 4.92. The molecule has 2 rings (SSSR count). The first-order valence-corrected chi connectivity index (χ1v) is 9.54. The van der Waals surface area contributed by atoms with Gasteiger partial charge in [-0.05, 0) is 43.5 Å². The fourth-order valence-electron chi connectivity index (χ4n) is 3.64. The monoisotopic (exact) mass is 360 g/mol. The lowest BCUT2D eigenvalue weighted by atomic mass is 9.93. The van der Waals surface area contributed by atoms with E-state index in [0.29, 0.717) is 19.1 Å². The van der Waals surface area contributed by atoms with Crippen LogP contribution in [0.3, 0.4) is 0 Å². The summed E-state index contributed by atoms with van der Waals surface area (Å²) < 4.78 is 0. The minimum atomic E-state index is -0.216. The molecule has 0 spiro atoms. The summed E-state index contributed by atoms with van der Waals surface area (Å²) in [6.45, 7) is 4.68. The van der Waals surface area contributed by atoms with Gasteiger partial charge in [0.25, 0.3) is 0 Å². The van der Waals surface area contributed by atoms with E-state index >= 15 is 0 Å². The largest absolute Gasteiger partial charge is 0.377 e. The number of nitrogens with zero attached hydrogens (tertiary/aromatic N) is 2. The van der Waals surface area contributed by atoms with E-state index in [9.17, 15) is 9.59 Å². The van der Waals surface area contributed by atoms with E-state index in [1.54, 1.807) is 6.92 Å². The highest BCUT2D eigenvalue weighted by molar-refractivity contribution is 5.89. The summed E-state index contributed by atoms with van der Waals surface area (Å²) >= 11 is 0. The van der Waals surface area contributed by atoms with Crippen LogP contribution in [-0.2, 0) is 11.3 Å². The summed E-state index contributed by atoms with van der Waals surface area (Å²) in [4.78, 5) is 28.2. The molecule has 26 heavy (non-hydrogen) atoms. The minimum absolute atomic E-state index is 0.115. The lowest BCUT2D eigenvalue weighted by molar-refractivity contribution is -0.132. The van der Waals surface area contributed by atoms with Gasteiger partial charge < -0.3 is 20.4 Å². The zero-order chi connectivity index (χ0) is 19.1. The summed E-state index contributed by atoms with van der Waals surface area (Å²) in [5, 5.41) is 5.60. The molecule has 1 fully saturated rings. The van der Waals surface area contributed by atoms with Crippen LogP contribution in [0, 0.1) is 0 Å². The maximum absolute atomic E-state index is 12.3. The van der Waals surface area contributed by atoms with Crippen LogP contribution in [0.1, 0.15) is 51.5 Å². The number of anilines is 2. The number of benzene rings is 1. The van der Waals surface area contributed by atoms with Crippen molar-refractivity contribution in [1.82, 2.24) is 10.2 Å². The lowest BCUT2D eigenvalue weighted by Crippen LogP contribution is -2.39. The molecule has 0 aromatic heterocycles. The fraction of sp³-hybridized carbons (Fsp3) is 0.600. The second-order valence-electron chi connectivity index (χ2n) is 7.16. The van der Waals surface area contributed by atoms with Crippen molar-refractivity contribution >= 4 is 23.3 Å². The third kappa shape index (κ3) is 5.38. The first-order valence-electron chi connectivity index (χ1n) is 9.54. The van der Waals surface area contributed by atoms with Crippen LogP contribution < -0.4 is 15.5 Å². The van der Waals surface area contributed by atoms with Gasteiger partial charge in [-0.15, -0.1) is 0 Å². The van der Waals surface area contributed by atoms with Crippen LogP contribution in [0.2, 0.25) is 0 Å². The summed E-state index contributed by atoms with van der Waals surface area (Å²) in [5.41, 5.74) is 2.85. The molecular formula is C20H32N4O2. The number of urea groups is 1. The molecule has 1 aliphatic rings. The van der Waals surface area contributed by atoms with Gasteiger partial charge in [-0.3, -0.25) is 4.79 Å². The summed E-state index contributed by atoms with van der Waals surface area (Å²) in [6.07, 6.45) is 5.79. The van der Waals surface area contributed by atoms with Crippen molar-refractivity contribution < 1.29 is 9.59 Å². The molecule has 1 aromatic rings. The van der Waals surface area contributed by atoms with Crippen LogP contribution in [-0.4, -0.2) is 43.5 Å². The van der Waals surface area contributed by atoms with Gasteiger partial charge in [-0.1, -0.05) is 19.3 Å². The molecule has 6 nitrogen and oxygen atoms in total. The van der Waals surface area contributed by atoms with Crippen LogP contribution in [0.25, 0.3) is 0 Å². The summed E-state index contributed by atoms with van der Waals surface area (Å²) in [5.74, 6) is 0.115. The Kier molecular flexibility index (Phi) is 7.30. The molecule has 0 bridgehead atoms. The molecule has 0 aliphatic heterocycles. The Morgan fingerprint density at radius 1 is 1.15 bits per heavy atom. The average molecular weight is 361 g/mol. The second-order valence-corrected chi connectivity index (χ2v) is 7.16. The molecule has 2 N–H and O–H groups in total. The Morgan fingerprint density at radius 2 is 1.85 bits per heavy atom. The Balaban J connectivity index is 2.25. The summed E-state index contributed by atoms with van der Waals surface area (Å²) in [6, 6.07) is 5.97. The Morgan fingerprint density at radius 3 is 2.42 bits per heavy atom. The van der Waals surface area contributed by atoms with Crippen molar-refractivity contribution in [3.8, 4) is 0 Å². The van der Waals surface area contributed by atoms with Crippen molar-refractivity contribution in [3.63, 3.8) is 0 Å². The van der Waals surface area contributed by atoms with E-state index in [1.807, 2.05) is 49.0 Å². The van der Waals surface area contributed by atoms with E-state index < -0.39 is 0 Å². The molecule has 0 unspecified atom stereocenters. The standard InChI is InChI=1S/C20H32N4O2/c1-5-21-20(26)22-17-11-12-19(23(3)4)16(13-17)14-24(15(2)25)18-9-7-6-8-10-18/h11-13,18H,5-10,14H2,1-4H3,(H2,21,22,26). The molecular weight excluding hydrogens is 328 g/mol. The predicted octanol–water partition coefficient (Wildman–Crippen LogP) is 3.58. The number of rotatable bonds is 6. The van der Waals surface area contributed by atoms with Crippen molar-refractivity contribution in [2.75, 3.05) is 30.9 Å². The van der Waals surface area contributed by atoms with Gasteiger partial charge in [0.2, 0.25) is 5.91 Å². The van der Waals surface area contributed by atoms with Gasteiger partial charge in [0.05, 0.1) is 0 Å². The van der Waals surface area contributed by atoms with Gasteiger partial charge in [0.15, 0.2) is 0 Å². The topological polar surface area (TPSA) is 64.7 Å². The van der Waals surface area contributed by atoms with Crippen LogP contribution >= 0.6 is 0 Å². The van der Waals surface area contributed by atoms with E-state index in [-0.39, 0.29) is 11.9 Å². The lowest BCUT2D eigenvalue weighted by Gasteiger charge is -2.34. The molecule has 0 radical (unpaired) electrons. The van der Waals surface area contributed by atoms with Gasteiger partial charge >= 0.3 is 6.03 Å². The van der Waals surface area contributed by atoms with Crippen LogP contribution in [0.5, 0.6) is 0 Å². The quantitative estimate of drug-likeness (QED) is 0.815. The number of nitrogens with one attached hydrogen (secondary N) is 2. The maximum atomic E-state index is 12.3. The van der Waals surface area contributed by atoms with Gasteiger partial charge in [-0.2, -0.15) is 0 Å². The van der Waals surface area contributed by atoms with Crippen molar-refractivity contribution in [1.29, 1.82) is 0 Å². The molecule has 1 aromatic carbocycles. The number of hydrogen-bond acceptors (Lipinski definition) is 3. The predicted molar refractivity (Wildman–Crippen MR) is 107 cm³/mol. The van der Waals surface area contributed by atoms with E-state index in [2.05, 4.69) is 10.6 Å². The molecule has 0 heterocycles. The highest BCUT2D eigenvalue weighted by Crippen LogP contribution is 2.28. The zero-order valence-corrected chi connectivity index (χ0v) is 16.5. The van der Waals surface area contributed by atoms with Crippen molar-refractivity contribution in [2.45, 2.75) is 58.5 Å². The van der Waals surface area contributed by atoms with E-state index in [1.165, 1.54) is 19.3 Å². The molecule has 1 aliphatic carbocycles. The molecule has 144 valence electrons. The Bertz CT molecular complexity index is 624. The number of carbonyl (C=O) groups is 2. The SMILES string of the molecule is CCNC(=O)Nc1ccc(N(C)C)c(CN(C(C)=O)C2CCCCC2)c1. The average Bonchev–Trinajstić information content (AvgIpc) is 2.60. The highest BCUT2D eigenvalue weighted by Gasteiger charge is 2.24. The van der Waals surface area contributed by atoms with Gasteiger partial charge in [-0.25, -0.2) is 4.79 Å². The zero-order valence-electron chi connectivity index (χ0n) is 16.5.